The molecule has 4 rings (SSSR count). The lowest BCUT2D eigenvalue weighted by Crippen LogP contribution is -2.18. The zero-order valence-electron chi connectivity index (χ0n) is 20.9. The van der Waals surface area contributed by atoms with Gasteiger partial charge in [0, 0.05) is 42.0 Å². The smallest absolute Gasteiger partial charge is 0.180 e. The van der Waals surface area contributed by atoms with Crippen molar-refractivity contribution >= 4 is 0 Å². The molecule has 0 radical (unpaired) electrons. The first kappa shape index (κ1) is 24.5. The molecule has 0 unspecified atom stereocenters. The molecular formula is C25H34N4O4. The van der Waals surface area contributed by atoms with E-state index in [2.05, 4.69) is 27.0 Å². The van der Waals surface area contributed by atoms with Crippen LogP contribution in [0.1, 0.15) is 62.0 Å². The SMILES string of the molecule is COC(C)(C)c1cc(-n2c(C)ccc2C)no1.Cc1ccc(C)n1-c1cc(C(C)(C)O)on1. The van der Waals surface area contributed by atoms with Crippen LogP contribution >= 0.6 is 0 Å². The lowest BCUT2D eigenvalue weighted by atomic mass is 10.1. The maximum Gasteiger partial charge on any atom is 0.180 e. The van der Waals surface area contributed by atoms with Crippen molar-refractivity contribution < 1.29 is 18.9 Å². The van der Waals surface area contributed by atoms with Crippen molar-refractivity contribution in [1.82, 2.24) is 19.4 Å². The molecule has 0 saturated heterocycles. The summed E-state index contributed by atoms with van der Waals surface area (Å²) in [4.78, 5) is 0. The van der Waals surface area contributed by atoms with Gasteiger partial charge in [0.15, 0.2) is 23.2 Å². The number of aryl methyl sites for hydroxylation is 4. The summed E-state index contributed by atoms with van der Waals surface area (Å²) in [5.74, 6) is 2.69. The van der Waals surface area contributed by atoms with Crippen LogP contribution in [0.3, 0.4) is 0 Å². The Kier molecular flexibility index (Phi) is 6.72. The molecule has 1 N–H and O–H groups in total. The highest BCUT2D eigenvalue weighted by molar-refractivity contribution is 5.33. The van der Waals surface area contributed by atoms with E-state index in [1.165, 1.54) is 0 Å². The Morgan fingerprint density at radius 2 is 1.09 bits per heavy atom. The van der Waals surface area contributed by atoms with Crippen LogP contribution in [0, 0.1) is 27.7 Å². The molecule has 0 aromatic carbocycles. The molecule has 4 heterocycles. The van der Waals surface area contributed by atoms with Crippen LogP contribution in [0.2, 0.25) is 0 Å². The van der Waals surface area contributed by atoms with E-state index in [9.17, 15) is 5.11 Å². The highest BCUT2D eigenvalue weighted by Crippen LogP contribution is 2.27. The van der Waals surface area contributed by atoms with Crippen LogP contribution in [0.5, 0.6) is 0 Å². The summed E-state index contributed by atoms with van der Waals surface area (Å²) >= 11 is 0. The fourth-order valence-electron chi connectivity index (χ4n) is 3.47. The van der Waals surface area contributed by atoms with Gasteiger partial charge in [-0.1, -0.05) is 10.3 Å². The van der Waals surface area contributed by atoms with Crippen molar-refractivity contribution in [2.75, 3.05) is 7.11 Å². The number of ether oxygens (including phenoxy) is 1. The Labute approximate surface area is 194 Å². The van der Waals surface area contributed by atoms with E-state index < -0.39 is 11.2 Å². The highest BCUT2D eigenvalue weighted by Gasteiger charge is 2.26. The Morgan fingerprint density at radius 1 is 0.727 bits per heavy atom. The van der Waals surface area contributed by atoms with Gasteiger partial charge in [-0.25, -0.2) is 0 Å². The number of rotatable bonds is 5. The molecule has 0 bridgehead atoms. The summed E-state index contributed by atoms with van der Waals surface area (Å²) in [5, 5.41) is 17.9. The monoisotopic (exact) mass is 454 g/mol. The molecule has 0 fully saturated rings. The molecular weight excluding hydrogens is 420 g/mol. The molecule has 4 aromatic heterocycles. The lowest BCUT2D eigenvalue weighted by Gasteiger charge is -2.18. The standard InChI is InChI=1S/C13H18N2O2.C12H16N2O2/c1-9-6-7-10(2)15(9)12-8-11(17-14-12)13(3,4)16-5;1-8-5-6-9(2)14(8)11-7-10(16-13-11)12(3,4)15/h6-8H,1-5H3;5-7,15H,1-4H3. The van der Waals surface area contributed by atoms with E-state index in [4.69, 9.17) is 13.8 Å². The summed E-state index contributed by atoms with van der Waals surface area (Å²) in [6.45, 7) is 15.3. The number of hydrogen-bond acceptors (Lipinski definition) is 6. The van der Waals surface area contributed by atoms with Gasteiger partial charge in [0.2, 0.25) is 0 Å². The highest BCUT2D eigenvalue weighted by atomic mass is 16.5. The molecule has 0 spiro atoms. The molecule has 0 saturated carbocycles. The third-order valence-corrected chi connectivity index (χ3v) is 5.70. The first-order valence-electron chi connectivity index (χ1n) is 10.9. The molecule has 8 nitrogen and oxygen atoms in total. The normalized spacial score (nSPS) is 12.1. The summed E-state index contributed by atoms with van der Waals surface area (Å²) in [6.07, 6.45) is 0. The van der Waals surface area contributed by atoms with Gasteiger partial charge in [0.1, 0.15) is 11.2 Å². The second-order valence-electron chi connectivity index (χ2n) is 9.28. The molecule has 33 heavy (non-hydrogen) atoms. The van der Waals surface area contributed by atoms with Crippen molar-refractivity contribution in [3.63, 3.8) is 0 Å². The van der Waals surface area contributed by atoms with E-state index in [-0.39, 0.29) is 0 Å². The maximum absolute atomic E-state index is 9.80. The quantitative estimate of drug-likeness (QED) is 0.441. The zero-order chi connectivity index (χ0) is 24.6. The van der Waals surface area contributed by atoms with Crippen LogP contribution in [-0.4, -0.2) is 31.7 Å². The van der Waals surface area contributed by atoms with E-state index in [0.29, 0.717) is 11.6 Å². The minimum atomic E-state index is -1.000. The third kappa shape index (κ3) is 5.12. The molecule has 0 aliphatic rings. The Bertz CT molecular complexity index is 1180. The fourth-order valence-corrected chi connectivity index (χ4v) is 3.47. The first-order chi connectivity index (χ1) is 15.3. The van der Waals surface area contributed by atoms with Crippen LogP contribution in [0.4, 0.5) is 0 Å². The van der Waals surface area contributed by atoms with Gasteiger partial charge >= 0.3 is 0 Å². The van der Waals surface area contributed by atoms with Gasteiger partial charge in [-0.3, -0.25) is 0 Å². The van der Waals surface area contributed by atoms with E-state index in [1.54, 1.807) is 27.0 Å². The number of methoxy groups -OCH3 is 1. The number of nitrogens with zero attached hydrogens (tertiary/aromatic N) is 4. The molecule has 0 aliphatic heterocycles. The summed E-state index contributed by atoms with van der Waals surface area (Å²) < 4.78 is 19.9. The van der Waals surface area contributed by atoms with E-state index in [0.717, 1.165) is 34.4 Å². The Balaban J connectivity index is 0.000000186. The maximum atomic E-state index is 9.80. The van der Waals surface area contributed by atoms with Crippen molar-refractivity contribution in [3.8, 4) is 11.6 Å². The lowest BCUT2D eigenvalue weighted by molar-refractivity contribution is -0.00347. The average molecular weight is 455 g/mol. The zero-order valence-corrected chi connectivity index (χ0v) is 20.9. The average Bonchev–Trinajstić information content (AvgIpc) is 3.51. The molecule has 0 atom stereocenters. The van der Waals surface area contributed by atoms with Crippen molar-refractivity contribution in [1.29, 1.82) is 0 Å². The number of aromatic nitrogens is 4. The van der Waals surface area contributed by atoms with Gasteiger partial charge in [0.25, 0.3) is 0 Å². The van der Waals surface area contributed by atoms with E-state index >= 15 is 0 Å². The van der Waals surface area contributed by atoms with Gasteiger partial charge < -0.3 is 28.0 Å². The number of hydrogen-bond donors (Lipinski definition) is 1. The second kappa shape index (κ2) is 9.03. The first-order valence-corrected chi connectivity index (χ1v) is 10.9. The van der Waals surface area contributed by atoms with Crippen LogP contribution < -0.4 is 0 Å². The van der Waals surface area contributed by atoms with Gasteiger partial charge in [0.05, 0.1) is 0 Å². The van der Waals surface area contributed by atoms with Gasteiger partial charge in [-0.2, -0.15) is 0 Å². The van der Waals surface area contributed by atoms with Gasteiger partial charge in [-0.05, 0) is 79.7 Å². The third-order valence-electron chi connectivity index (χ3n) is 5.70. The van der Waals surface area contributed by atoms with Gasteiger partial charge in [-0.15, -0.1) is 0 Å². The topological polar surface area (TPSA) is 91.4 Å². The minimum Gasteiger partial charge on any atom is -0.382 e. The molecule has 4 aromatic rings. The second-order valence-corrected chi connectivity index (χ2v) is 9.28. The molecule has 8 heteroatoms. The van der Waals surface area contributed by atoms with E-state index in [1.807, 2.05) is 64.3 Å². The van der Waals surface area contributed by atoms with Crippen LogP contribution in [0.15, 0.2) is 45.4 Å². The summed E-state index contributed by atoms with van der Waals surface area (Å²) in [6, 6.07) is 11.8. The largest absolute Gasteiger partial charge is 0.382 e. The fraction of sp³-hybridized carbons (Fsp3) is 0.440. The predicted molar refractivity (Wildman–Crippen MR) is 126 cm³/mol. The van der Waals surface area contributed by atoms with Crippen molar-refractivity contribution in [3.05, 3.63) is 70.7 Å². The van der Waals surface area contributed by atoms with Crippen LogP contribution in [-0.2, 0) is 15.9 Å². The Morgan fingerprint density at radius 3 is 1.42 bits per heavy atom. The number of aliphatic hydroxyl groups is 1. The minimum absolute atomic E-state index is 0.458. The van der Waals surface area contributed by atoms with Crippen LogP contribution in [0.25, 0.3) is 11.6 Å². The van der Waals surface area contributed by atoms with Crippen molar-refractivity contribution in [2.24, 2.45) is 0 Å². The summed E-state index contributed by atoms with van der Waals surface area (Å²) in [7, 11) is 1.66. The molecule has 0 amide bonds. The summed E-state index contributed by atoms with van der Waals surface area (Å²) in [5.41, 5.74) is 3.00. The molecule has 178 valence electrons. The Hall–Kier alpha value is -3.10. The van der Waals surface area contributed by atoms with Crippen molar-refractivity contribution in [2.45, 2.75) is 66.6 Å². The molecule has 0 aliphatic carbocycles. The predicted octanol–water partition coefficient (Wildman–Crippen LogP) is 5.27.